The molecule has 2 N–H and O–H groups in total. The van der Waals surface area contributed by atoms with Crippen LogP contribution >= 0.6 is 23.2 Å². The van der Waals surface area contributed by atoms with E-state index < -0.39 is 0 Å². The van der Waals surface area contributed by atoms with Crippen molar-refractivity contribution in [3.05, 3.63) is 34.7 Å². The molecule has 8 heteroatoms. The van der Waals surface area contributed by atoms with E-state index in [2.05, 4.69) is 15.1 Å². The number of rotatable bonds is 2. The van der Waals surface area contributed by atoms with E-state index in [1.54, 1.807) is 29.2 Å². The lowest BCUT2D eigenvalue weighted by Crippen LogP contribution is -1.93. The van der Waals surface area contributed by atoms with Gasteiger partial charge in [-0.05, 0) is 12.1 Å². The molecule has 2 heterocycles. The number of hydrogen-bond acceptors (Lipinski definition) is 5. The second-order valence-corrected chi connectivity index (χ2v) is 4.95. The molecule has 102 valence electrons. The molecule has 0 radical (unpaired) electrons. The Bertz CT molecular complexity index is 780. The molecule has 0 saturated carbocycles. The number of aromatic nitrogens is 4. The Morgan fingerprint density at radius 3 is 2.70 bits per heavy atom. The lowest BCUT2D eigenvalue weighted by molar-refractivity contribution is 0.432. The van der Waals surface area contributed by atoms with Gasteiger partial charge in [-0.15, -0.1) is 0 Å². The third kappa shape index (κ3) is 2.03. The quantitative estimate of drug-likeness (QED) is 0.736. The predicted molar refractivity (Wildman–Crippen MR) is 76.4 cm³/mol. The molecular formula is C12H9Cl2N5O. The average molecular weight is 310 g/mol. The van der Waals surface area contributed by atoms with Crippen molar-refractivity contribution in [1.82, 2.24) is 19.7 Å². The molecule has 0 amide bonds. The highest BCUT2D eigenvalue weighted by Crippen LogP contribution is 2.37. The Morgan fingerprint density at radius 2 is 2.00 bits per heavy atom. The molecule has 0 fully saturated rings. The molecule has 0 saturated heterocycles. The Morgan fingerprint density at radius 1 is 1.25 bits per heavy atom. The molecule has 0 unspecified atom stereocenters. The number of halogens is 2. The highest BCUT2D eigenvalue weighted by molar-refractivity contribution is 6.37. The smallest absolute Gasteiger partial charge is 0.261 e. The van der Waals surface area contributed by atoms with Crippen LogP contribution in [0.1, 0.15) is 0 Å². The van der Waals surface area contributed by atoms with Crippen molar-refractivity contribution >= 4 is 28.9 Å². The number of aryl methyl sites for hydroxylation is 1. The third-order valence-corrected chi connectivity index (χ3v) is 3.47. The topological polar surface area (TPSA) is 82.8 Å². The van der Waals surface area contributed by atoms with E-state index in [0.29, 0.717) is 27.1 Å². The van der Waals surface area contributed by atoms with Crippen molar-refractivity contribution < 1.29 is 4.52 Å². The van der Waals surface area contributed by atoms with Crippen LogP contribution in [0.25, 0.3) is 23.0 Å². The van der Waals surface area contributed by atoms with Crippen molar-refractivity contribution in [2.75, 3.05) is 5.73 Å². The molecule has 0 aliphatic heterocycles. The fraction of sp³-hybridized carbons (Fsp3) is 0.0833. The fourth-order valence-corrected chi connectivity index (χ4v) is 2.19. The third-order valence-electron chi connectivity index (χ3n) is 2.83. The van der Waals surface area contributed by atoms with Crippen LogP contribution < -0.4 is 5.73 Å². The summed E-state index contributed by atoms with van der Waals surface area (Å²) in [6.07, 6.45) is 3.28. The largest absolute Gasteiger partial charge is 0.397 e. The number of hydrogen-bond donors (Lipinski definition) is 1. The van der Waals surface area contributed by atoms with Crippen LogP contribution in [0.4, 0.5) is 5.69 Å². The molecule has 3 aromatic rings. The highest BCUT2D eigenvalue weighted by Gasteiger charge is 2.19. The van der Waals surface area contributed by atoms with Gasteiger partial charge in [0.25, 0.3) is 5.89 Å². The van der Waals surface area contributed by atoms with E-state index in [1.807, 2.05) is 7.05 Å². The number of imidazole rings is 1. The van der Waals surface area contributed by atoms with Gasteiger partial charge in [-0.2, -0.15) is 4.98 Å². The first-order chi connectivity index (χ1) is 9.58. The standard InChI is InChI=1S/C12H9Cl2N5O/c1-19-5-16-4-8(19)11-17-12(20-18-11)9-6(13)2-3-7(14)10(9)15/h2-5H,15H2,1H3. The number of nitrogens with two attached hydrogens (primary N) is 1. The van der Waals surface area contributed by atoms with Gasteiger partial charge < -0.3 is 14.8 Å². The molecule has 20 heavy (non-hydrogen) atoms. The number of anilines is 1. The van der Waals surface area contributed by atoms with Crippen LogP contribution in [0, 0.1) is 0 Å². The van der Waals surface area contributed by atoms with E-state index in [-0.39, 0.29) is 5.89 Å². The lowest BCUT2D eigenvalue weighted by Gasteiger charge is -2.04. The Balaban J connectivity index is 2.12. The molecule has 2 aromatic heterocycles. The zero-order valence-electron chi connectivity index (χ0n) is 10.3. The second kappa shape index (κ2) is 4.81. The molecule has 0 bridgehead atoms. The Hall–Kier alpha value is -2.05. The van der Waals surface area contributed by atoms with Crippen molar-refractivity contribution in [1.29, 1.82) is 0 Å². The van der Waals surface area contributed by atoms with Crippen LogP contribution in [0.15, 0.2) is 29.2 Å². The second-order valence-electron chi connectivity index (χ2n) is 4.13. The minimum absolute atomic E-state index is 0.214. The van der Waals surface area contributed by atoms with Crippen LogP contribution in [0.5, 0.6) is 0 Å². The first-order valence-corrected chi connectivity index (χ1v) is 6.37. The summed E-state index contributed by atoms with van der Waals surface area (Å²) in [6.45, 7) is 0. The Kier molecular flexibility index (Phi) is 3.11. The van der Waals surface area contributed by atoms with E-state index >= 15 is 0 Å². The molecule has 0 aliphatic rings. The zero-order chi connectivity index (χ0) is 14.3. The monoisotopic (exact) mass is 309 g/mol. The molecule has 0 atom stereocenters. The first-order valence-electron chi connectivity index (χ1n) is 5.62. The van der Waals surface area contributed by atoms with Crippen LogP contribution in [0.2, 0.25) is 10.0 Å². The van der Waals surface area contributed by atoms with E-state index in [0.717, 1.165) is 5.69 Å². The van der Waals surface area contributed by atoms with Crippen molar-refractivity contribution in [2.45, 2.75) is 0 Å². The van der Waals surface area contributed by atoms with Gasteiger partial charge in [0.2, 0.25) is 5.82 Å². The van der Waals surface area contributed by atoms with Gasteiger partial charge in [0.15, 0.2) is 0 Å². The van der Waals surface area contributed by atoms with Crippen molar-refractivity contribution in [3.63, 3.8) is 0 Å². The van der Waals surface area contributed by atoms with Gasteiger partial charge in [-0.1, -0.05) is 28.4 Å². The van der Waals surface area contributed by atoms with Crippen molar-refractivity contribution in [3.8, 4) is 23.0 Å². The van der Waals surface area contributed by atoms with Gasteiger partial charge in [0.05, 0.1) is 33.8 Å². The summed E-state index contributed by atoms with van der Waals surface area (Å²) in [7, 11) is 1.83. The normalized spacial score (nSPS) is 10.9. The van der Waals surface area contributed by atoms with E-state index in [9.17, 15) is 0 Å². The minimum atomic E-state index is 0.214. The maximum Gasteiger partial charge on any atom is 0.261 e. The summed E-state index contributed by atoms with van der Waals surface area (Å²) >= 11 is 12.1. The first kappa shape index (κ1) is 13.0. The zero-order valence-corrected chi connectivity index (χ0v) is 11.9. The Labute approximate surface area is 124 Å². The van der Waals surface area contributed by atoms with Gasteiger partial charge in [0.1, 0.15) is 5.69 Å². The summed E-state index contributed by atoms with van der Waals surface area (Å²) < 4.78 is 7.00. The number of nitrogen functional groups attached to an aromatic ring is 1. The van der Waals surface area contributed by atoms with Crippen LogP contribution in [-0.4, -0.2) is 19.7 Å². The van der Waals surface area contributed by atoms with Crippen LogP contribution in [0.3, 0.4) is 0 Å². The molecule has 3 rings (SSSR count). The summed E-state index contributed by atoms with van der Waals surface area (Å²) in [6, 6.07) is 3.24. The summed E-state index contributed by atoms with van der Waals surface area (Å²) in [5.41, 5.74) is 7.37. The lowest BCUT2D eigenvalue weighted by atomic mass is 10.2. The summed E-state index contributed by atoms with van der Waals surface area (Å²) in [4.78, 5) is 8.28. The van der Waals surface area contributed by atoms with Gasteiger partial charge >= 0.3 is 0 Å². The van der Waals surface area contributed by atoms with E-state index in [4.69, 9.17) is 33.5 Å². The van der Waals surface area contributed by atoms with Gasteiger partial charge in [-0.25, -0.2) is 4.98 Å². The van der Waals surface area contributed by atoms with E-state index in [1.165, 1.54) is 0 Å². The predicted octanol–water partition coefficient (Wildman–Crippen LogP) is 3.03. The van der Waals surface area contributed by atoms with Gasteiger partial charge in [0, 0.05) is 7.05 Å². The maximum atomic E-state index is 6.12. The van der Waals surface area contributed by atoms with Crippen molar-refractivity contribution in [2.24, 2.45) is 7.05 Å². The summed E-state index contributed by atoms with van der Waals surface area (Å²) in [5, 5.41) is 4.68. The molecule has 0 aliphatic carbocycles. The number of benzene rings is 1. The van der Waals surface area contributed by atoms with Crippen LogP contribution in [-0.2, 0) is 7.05 Å². The number of nitrogens with zero attached hydrogens (tertiary/aromatic N) is 4. The molecule has 6 nitrogen and oxygen atoms in total. The molecule has 0 spiro atoms. The SMILES string of the molecule is Cn1cncc1-c1noc(-c2c(Cl)ccc(Cl)c2N)n1. The maximum absolute atomic E-state index is 6.12. The average Bonchev–Trinajstić information content (AvgIpc) is 3.03. The molecular weight excluding hydrogens is 301 g/mol. The minimum Gasteiger partial charge on any atom is -0.397 e. The fourth-order valence-electron chi connectivity index (χ4n) is 1.79. The highest BCUT2D eigenvalue weighted by atomic mass is 35.5. The molecule has 1 aromatic carbocycles. The van der Waals surface area contributed by atoms with Gasteiger partial charge in [-0.3, -0.25) is 0 Å². The summed E-state index contributed by atoms with van der Waals surface area (Å²) in [5.74, 6) is 0.613.